The third-order valence-corrected chi connectivity index (χ3v) is 3.21. The standard InChI is InChI=1S/C13H15ClN2/c1-10(11(2)14)13-8-9-15-16(13)12-6-4-3-5-7-12/h3-11H,1-2H3. The van der Waals surface area contributed by atoms with Crippen LogP contribution in [-0.2, 0) is 0 Å². The second kappa shape index (κ2) is 4.71. The van der Waals surface area contributed by atoms with Gasteiger partial charge >= 0.3 is 0 Å². The molecule has 2 rings (SSSR count). The van der Waals surface area contributed by atoms with Gasteiger partial charge in [0.05, 0.1) is 5.69 Å². The van der Waals surface area contributed by atoms with Gasteiger partial charge in [0.1, 0.15) is 0 Å². The van der Waals surface area contributed by atoms with Crippen LogP contribution in [-0.4, -0.2) is 15.2 Å². The lowest BCUT2D eigenvalue weighted by atomic mass is 10.0. The highest BCUT2D eigenvalue weighted by atomic mass is 35.5. The maximum absolute atomic E-state index is 6.14. The molecule has 0 bridgehead atoms. The molecule has 0 spiro atoms. The quantitative estimate of drug-likeness (QED) is 0.742. The topological polar surface area (TPSA) is 17.8 Å². The summed E-state index contributed by atoms with van der Waals surface area (Å²) in [4.78, 5) is 0. The predicted molar refractivity (Wildman–Crippen MR) is 67.3 cm³/mol. The van der Waals surface area contributed by atoms with Gasteiger partial charge in [-0.25, -0.2) is 4.68 Å². The van der Waals surface area contributed by atoms with Crippen molar-refractivity contribution in [2.24, 2.45) is 0 Å². The minimum absolute atomic E-state index is 0.0964. The maximum atomic E-state index is 6.14. The summed E-state index contributed by atoms with van der Waals surface area (Å²) in [5.74, 6) is 0.282. The van der Waals surface area contributed by atoms with E-state index in [1.54, 1.807) is 0 Å². The molecule has 0 radical (unpaired) electrons. The van der Waals surface area contributed by atoms with Crippen LogP contribution in [0.2, 0.25) is 0 Å². The van der Waals surface area contributed by atoms with Crippen molar-refractivity contribution in [3.05, 3.63) is 48.3 Å². The summed E-state index contributed by atoms with van der Waals surface area (Å²) in [6, 6.07) is 12.1. The van der Waals surface area contributed by atoms with Crippen molar-refractivity contribution < 1.29 is 0 Å². The molecule has 2 aromatic rings. The summed E-state index contributed by atoms with van der Waals surface area (Å²) in [6.07, 6.45) is 1.82. The Balaban J connectivity index is 2.40. The van der Waals surface area contributed by atoms with Gasteiger partial charge in [0.15, 0.2) is 0 Å². The van der Waals surface area contributed by atoms with Crippen molar-refractivity contribution >= 4 is 11.6 Å². The van der Waals surface area contributed by atoms with E-state index in [-0.39, 0.29) is 11.3 Å². The van der Waals surface area contributed by atoms with E-state index in [1.165, 1.54) is 0 Å². The molecule has 0 N–H and O–H groups in total. The Hall–Kier alpha value is -1.28. The van der Waals surface area contributed by atoms with Gasteiger partial charge in [-0.1, -0.05) is 25.1 Å². The fourth-order valence-corrected chi connectivity index (χ4v) is 1.81. The van der Waals surface area contributed by atoms with E-state index in [0.717, 1.165) is 11.4 Å². The van der Waals surface area contributed by atoms with E-state index < -0.39 is 0 Å². The van der Waals surface area contributed by atoms with Crippen LogP contribution in [0.15, 0.2) is 42.6 Å². The molecule has 0 fully saturated rings. The Kier molecular flexibility index (Phi) is 3.30. The molecule has 2 nitrogen and oxygen atoms in total. The number of aromatic nitrogens is 2. The number of nitrogens with zero attached hydrogens (tertiary/aromatic N) is 2. The molecule has 16 heavy (non-hydrogen) atoms. The lowest BCUT2D eigenvalue weighted by Gasteiger charge is -2.16. The zero-order chi connectivity index (χ0) is 11.5. The van der Waals surface area contributed by atoms with Crippen LogP contribution < -0.4 is 0 Å². The van der Waals surface area contributed by atoms with E-state index >= 15 is 0 Å². The molecule has 1 aromatic heterocycles. The molecule has 3 heteroatoms. The van der Waals surface area contributed by atoms with Gasteiger partial charge in [0.2, 0.25) is 0 Å². The van der Waals surface area contributed by atoms with Gasteiger partial charge in [0, 0.05) is 23.2 Å². The van der Waals surface area contributed by atoms with Crippen molar-refractivity contribution in [1.29, 1.82) is 0 Å². The fraction of sp³-hybridized carbons (Fsp3) is 0.308. The number of halogens is 1. The van der Waals surface area contributed by atoms with E-state index in [2.05, 4.69) is 12.0 Å². The van der Waals surface area contributed by atoms with E-state index in [4.69, 9.17) is 11.6 Å². The average Bonchev–Trinajstić information content (AvgIpc) is 2.77. The first-order chi connectivity index (χ1) is 7.70. The molecule has 2 unspecified atom stereocenters. The Morgan fingerprint density at radius 2 is 1.81 bits per heavy atom. The molecule has 0 aliphatic rings. The molecule has 1 heterocycles. The highest BCUT2D eigenvalue weighted by molar-refractivity contribution is 6.20. The Morgan fingerprint density at radius 1 is 1.12 bits per heavy atom. The molecular formula is C13H15ClN2. The van der Waals surface area contributed by atoms with Crippen molar-refractivity contribution in [2.45, 2.75) is 25.1 Å². The Morgan fingerprint density at radius 3 is 2.44 bits per heavy atom. The molecule has 1 aromatic carbocycles. The second-order valence-corrected chi connectivity index (χ2v) is 4.66. The highest BCUT2D eigenvalue weighted by Gasteiger charge is 2.16. The molecular weight excluding hydrogens is 220 g/mol. The van der Waals surface area contributed by atoms with Crippen molar-refractivity contribution in [3.8, 4) is 5.69 Å². The summed E-state index contributed by atoms with van der Waals surface area (Å²) in [5, 5.41) is 4.44. The number of alkyl halides is 1. The molecule has 0 saturated carbocycles. The zero-order valence-electron chi connectivity index (χ0n) is 9.47. The molecule has 0 aliphatic heterocycles. The fourth-order valence-electron chi connectivity index (χ4n) is 1.68. The molecule has 0 amide bonds. The van der Waals surface area contributed by atoms with Crippen LogP contribution in [0.25, 0.3) is 5.69 Å². The van der Waals surface area contributed by atoms with Gasteiger partial charge in [-0.05, 0) is 25.1 Å². The Labute approximate surface area is 101 Å². The lowest BCUT2D eigenvalue weighted by Crippen LogP contribution is -2.11. The summed E-state index contributed by atoms with van der Waals surface area (Å²) < 4.78 is 1.95. The summed E-state index contributed by atoms with van der Waals surface area (Å²) in [6.45, 7) is 4.13. The van der Waals surface area contributed by atoms with Crippen LogP contribution >= 0.6 is 11.6 Å². The van der Waals surface area contributed by atoms with Crippen LogP contribution in [0.4, 0.5) is 0 Å². The largest absolute Gasteiger partial charge is 0.238 e. The van der Waals surface area contributed by atoms with Gasteiger partial charge in [-0.15, -0.1) is 11.6 Å². The molecule has 0 saturated heterocycles. The minimum Gasteiger partial charge on any atom is -0.238 e. The van der Waals surface area contributed by atoms with Gasteiger partial charge < -0.3 is 0 Å². The monoisotopic (exact) mass is 234 g/mol. The molecule has 84 valence electrons. The van der Waals surface area contributed by atoms with Crippen molar-refractivity contribution in [3.63, 3.8) is 0 Å². The third-order valence-electron chi connectivity index (χ3n) is 2.83. The highest BCUT2D eigenvalue weighted by Crippen LogP contribution is 2.24. The van der Waals surface area contributed by atoms with Crippen LogP contribution in [0.1, 0.15) is 25.5 Å². The van der Waals surface area contributed by atoms with Crippen molar-refractivity contribution in [2.75, 3.05) is 0 Å². The SMILES string of the molecule is CC(Cl)C(C)c1ccnn1-c1ccccc1. The van der Waals surface area contributed by atoms with Gasteiger partial charge in [0.25, 0.3) is 0 Å². The average molecular weight is 235 g/mol. The number of hydrogen-bond donors (Lipinski definition) is 0. The minimum atomic E-state index is 0.0964. The first kappa shape index (κ1) is 11.2. The lowest BCUT2D eigenvalue weighted by molar-refractivity contribution is 0.671. The molecule has 0 aliphatic carbocycles. The summed E-state index contributed by atoms with van der Waals surface area (Å²) in [5.41, 5.74) is 2.22. The third kappa shape index (κ3) is 2.12. The summed E-state index contributed by atoms with van der Waals surface area (Å²) in [7, 11) is 0. The van der Waals surface area contributed by atoms with Crippen LogP contribution in [0.3, 0.4) is 0 Å². The second-order valence-electron chi connectivity index (χ2n) is 3.97. The first-order valence-corrected chi connectivity index (χ1v) is 5.87. The Bertz CT molecular complexity index is 448. The van der Waals surface area contributed by atoms with Crippen LogP contribution in [0.5, 0.6) is 0 Å². The van der Waals surface area contributed by atoms with E-state index in [0.29, 0.717) is 0 Å². The molecule has 2 atom stereocenters. The van der Waals surface area contributed by atoms with Crippen LogP contribution in [0, 0.1) is 0 Å². The predicted octanol–water partition coefficient (Wildman–Crippen LogP) is 3.60. The van der Waals surface area contributed by atoms with Gasteiger partial charge in [-0.2, -0.15) is 5.10 Å². The smallest absolute Gasteiger partial charge is 0.0648 e. The van der Waals surface area contributed by atoms with E-state index in [9.17, 15) is 0 Å². The van der Waals surface area contributed by atoms with Gasteiger partial charge in [-0.3, -0.25) is 0 Å². The van der Waals surface area contributed by atoms with Crippen molar-refractivity contribution in [1.82, 2.24) is 9.78 Å². The summed E-state index contributed by atoms with van der Waals surface area (Å²) >= 11 is 6.14. The first-order valence-electron chi connectivity index (χ1n) is 5.43. The number of rotatable bonds is 3. The van der Waals surface area contributed by atoms with E-state index in [1.807, 2.05) is 54.2 Å². The number of para-hydroxylation sites is 1. The maximum Gasteiger partial charge on any atom is 0.0648 e. The zero-order valence-corrected chi connectivity index (χ0v) is 10.2. The number of benzene rings is 1. The number of hydrogen-bond acceptors (Lipinski definition) is 1. The normalized spacial score (nSPS) is 14.7.